The summed E-state index contributed by atoms with van der Waals surface area (Å²) in [5, 5.41) is 0.865. The molecule has 0 bridgehead atoms. The molecule has 0 N–H and O–H groups in total. The average molecular weight is 464 g/mol. The first-order valence-electron chi connectivity index (χ1n) is 11.5. The molecule has 1 aromatic heterocycles. The van der Waals surface area contributed by atoms with E-state index in [1.807, 2.05) is 41.3 Å². The van der Waals surface area contributed by atoms with E-state index in [9.17, 15) is 4.79 Å². The highest BCUT2D eigenvalue weighted by molar-refractivity contribution is 7.09. The molecule has 7 nitrogen and oxygen atoms in total. The smallest absolute Gasteiger partial charge is 0.245 e. The minimum Gasteiger partial charge on any atom is -0.495 e. The molecule has 2 aliphatic heterocycles. The van der Waals surface area contributed by atoms with E-state index in [1.54, 1.807) is 7.11 Å². The standard InChI is InChI=1S/C25H29N5O2S/c1-32-22-12-6-5-10-20(22)28-14-16-29(17-15-28)24(31)21-11-7-13-30(21)25-26-23(27-33-25)18-19-8-3-2-4-9-19/h2-6,8-10,12,21H,7,11,13-18H2,1H3. The molecule has 3 heterocycles. The first-order valence-corrected chi connectivity index (χ1v) is 12.3. The Labute approximate surface area is 198 Å². The molecule has 3 aromatic rings. The zero-order valence-electron chi connectivity index (χ0n) is 18.9. The largest absolute Gasteiger partial charge is 0.495 e. The summed E-state index contributed by atoms with van der Waals surface area (Å²) in [6.07, 6.45) is 2.60. The molecular formula is C25H29N5O2S. The van der Waals surface area contributed by atoms with E-state index in [1.165, 1.54) is 17.1 Å². The van der Waals surface area contributed by atoms with E-state index in [0.29, 0.717) is 6.42 Å². The monoisotopic (exact) mass is 463 g/mol. The van der Waals surface area contributed by atoms with Gasteiger partial charge in [-0.2, -0.15) is 4.37 Å². The van der Waals surface area contributed by atoms with Gasteiger partial charge in [-0.1, -0.05) is 42.5 Å². The van der Waals surface area contributed by atoms with E-state index in [0.717, 1.165) is 68.0 Å². The van der Waals surface area contributed by atoms with Crippen molar-refractivity contribution in [3.63, 3.8) is 0 Å². The van der Waals surface area contributed by atoms with Crippen LogP contribution >= 0.6 is 11.5 Å². The molecule has 0 saturated carbocycles. The lowest BCUT2D eigenvalue weighted by molar-refractivity contribution is -0.132. The molecule has 1 unspecified atom stereocenters. The fourth-order valence-corrected chi connectivity index (χ4v) is 5.50. The number of para-hydroxylation sites is 2. The van der Waals surface area contributed by atoms with Crippen LogP contribution in [0.4, 0.5) is 10.8 Å². The van der Waals surface area contributed by atoms with Crippen molar-refractivity contribution >= 4 is 28.3 Å². The normalized spacial score (nSPS) is 18.6. The summed E-state index contributed by atoms with van der Waals surface area (Å²) in [6.45, 7) is 3.91. The Bertz CT molecular complexity index is 1080. The third-order valence-corrected chi connectivity index (χ3v) is 7.25. The summed E-state index contributed by atoms with van der Waals surface area (Å²) in [6, 6.07) is 18.2. The number of aromatic nitrogens is 2. The number of nitrogens with zero attached hydrogens (tertiary/aromatic N) is 5. The van der Waals surface area contributed by atoms with Gasteiger partial charge in [0.1, 0.15) is 17.6 Å². The summed E-state index contributed by atoms with van der Waals surface area (Å²) in [7, 11) is 1.70. The van der Waals surface area contributed by atoms with Gasteiger partial charge in [0.25, 0.3) is 0 Å². The van der Waals surface area contributed by atoms with Gasteiger partial charge in [0, 0.05) is 50.7 Å². The fourth-order valence-electron chi connectivity index (χ4n) is 4.73. The number of piperazine rings is 1. The first kappa shape index (κ1) is 21.7. The Morgan fingerprint density at radius 3 is 2.58 bits per heavy atom. The maximum absolute atomic E-state index is 13.4. The van der Waals surface area contributed by atoms with Crippen molar-refractivity contribution in [1.29, 1.82) is 0 Å². The number of benzene rings is 2. The van der Waals surface area contributed by atoms with Crippen LogP contribution in [0, 0.1) is 0 Å². The van der Waals surface area contributed by atoms with Gasteiger partial charge in [0.2, 0.25) is 11.0 Å². The summed E-state index contributed by atoms with van der Waals surface area (Å²) in [5.74, 6) is 1.92. The molecule has 172 valence electrons. The van der Waals surface area contributed by atoms with Crippen LogP contribution in [0.5, 0.6) is 5.75 Å². The quantitative estimate of drug-likeness (QED) is 0.558. The highest BCUT2D eigenvalue weighted by Gasteiger charge is 2.36. The maximum atomic E-state index is 13.4. The molecule has 8 heteroatoms. The van der Waals surface area contributed by atoms with Crippen LogP contribution in [0.2, 0.25) is 0 Å². The number of hydrogen-bond acceptors (Lipinski definition) is 7. The number of methoxy groups -OCH3 is 1. The molecule has 2 aliphatic rings. The summed E-state index contributed by atoms with van der Waals surface area (Å²) >= 11 is 1.41. The number of anilines is 2. The van der Waals surface area contributed by atoms with E-state index in [-0.39, 0.29) is 11.9 Å². The molecule has 5 rings (SSSR count). The average Bonchev–Trinajstić information content (AvgIpc) is 3.54. The van der Waals surface area contributed by atoms with Gasteiger partial charge in [-0.15, -0.1) is 0 Å². The number of rotatable bonds is 6. The van der Waals surface area contributed by atoms with Crippen LogP contribution in [0.25, 0.3) is 0 Å². The van der Waals surface area contributed by atoms with Crippen LogP contribution in [0.3, 0.4) is 0 Å². The van der Waals surface area contributed by atoms with Crippen LogP contribution in [-0.4, -0.2) is 66.0 Å². The van der Waals surface area contributed by atoms with Gasteiger partial charge < -0.3 is 19.4 Å². The summed E-state index contributed by atoms with van der Waals surface area (Å²) < 4.78 is 10.1. The SMILES string of the molecule is COc1ccccc1N1CCN(C(=O)C2CCCN2c2nc(Cc3ccccc3)ns2)CC1. The molecule has 2 aromatic carbocycles. The van der Waals surface area contributed by atoms with Crippen molar-refractivity contribution in [2.24, 2.45) is 0 Å². The highest BCUT2D eigenvalue weighted by Crippen LogP contribution is 2.31. The summed E-state index contributed by atoms with van der Waals surface area (Å²) in [5.41, 5.74) is 2.29. The Balaban J connectivity index is 1.22. The second-order valence-corrected chi connectivity index (χ2v) is 9.22. The third-order valence-electron chi connectivity index (χ3n) is 6.46. The first-order chi connectivity index (χ1) is 16.2. The van der Waals surface area contributed by atoms with E-state index in [2.05, 4.69) is 32.4 Å². The molecule has 2 fully saturated rings. The predicted molar refractivity (Wildman–Crippen MR) is 131 cm³/mol. The van der Waals surface area contributed by atoms with Crippen LogP contribution in [-0.2, 0) is 11.2 Å². The van der Waals surface area contributed by atoms with Crippen LogP contribution < -0.4 is 14.5 Å². The van der Waals surface area contributed by atoms with Crippen molar-refractivity contribution in [3.05, 3.63) is 66.0 Å². The number of carbonyl (C=O) groups is 1. The molecule has 0 spiro atoms. The second-order valence-electron chi connectivity index (χ2n) is 8.49. The lowest BCUT2D eigenvalue weighted by Crippen LogP contribution is -2.54. The van der Waals surface area contributed by atoms with Crippen molar-refractivity contribution in [1.82, 2.24) is 14.3 Å². The molecule has 2 saturated heterocycles. The Morgan fingerprint density at radius 1 is 1.03 bits per heavy atom. The molecule has 1 atom stereocenters. The molecular weight excluding hydrogens is 434 g/mol. The highest BCUT2D eigenvalue weighted by atomic mass is 32.1. The van der Waals surface area contributed by atoms with E-state index >= 15 is 0 Å². The van der Waals surface area contributed by atoms with E-state index < -0.39 is 0 Å². The topological polar surface area (TPSA) is 61.8 Å². The maximum Gasteiger partial charge on any atom is 0.245 e. The van der Waals surface area contributed by atoms with Crippen molar-refractivity contribution < 1.29 is 9.53 Å². The Kier molecular flexibility index (Phi) is 6.44. The lowest BCUT2D eigenvalue weighted by atomic mass is 10.1. The number of hydrogen-bond donors (Lipinski definition) is 0. The zero-order valence-corrected chi connectivity index (χ0v) is 19.7. The molecule has 0 aliphatic carbocycles. The van der Waals surface area contributed by atoms with Gasteiger partial charge >= 0.3 is 0 Å². The molecule has 0 radical (unpaired) electrons. The van der Waals surface area contributed by atoms with Crippen LogP contribution in [0.15, 0.2) is 54.6 Å². The predicted octanol–water partition coefficient (Wildman–Crippen LogP) is 3.46. The van der Waals surface area contributed by atoms with Gasteiger partial charge in [-0.25, -0.2) is 4.98 Å². The number of carbonyl (C=O) groups excluding carboxylic acids is 1. The van der Waals surface area contributed by atoms with E-state index in [4.69, 9.17) is 9.72 Å². The Morgan fingerprint density at radius 2 is 1.79 bits per heavy atom. The molecule has 33 heavy (non-hydrogen) atoms. The van der Waals surface area contributed by atoms with Crippen molar-refractivity contribution in [2.75, 3.05) is 49.6 Å². The van der Waals surface area contributed by atoms with Crippen molar-refractivity contribution in [2.45, 2.75) is 25.3 Å². The zero-order chi connectivity index (χ0) is 22.6. The number of ether oxygens (including phenoxy) is 1. The third kappa shape index (κ3) is 4.66. The summed E-state index contributed by atoms with van der Waals surface area (Å²) in [4.78, 5) is 24.7. The van der Waals surface area contributed by atoms with Gasteiger partial charge in [-0.3, -0.25) is 4.79 Å². The van der Waals surface area contributed by atoms with Gasteiger partial charge in [0.15, 0.2) is 0 Å². The van der Waals surface area contributed by atoms with Crippen LogP contribution in [0.1, 0.15) is 24.2 Å². The van der Waals surface area contributed by atoms with Gasteiger partial charge in [0.05, 0.1) is 12.8 Å². The number of amides is 1. The minimum absolute atomic E-state index is 0.139. The Hall–Kier alpha value is -3.13. The van der Waals surface area contributed by atoms with Crippen molar-refractivity contribution in [3.8, 4) is 5.75 Å². The molecule has 1 amide bonds. The van der Waals surface area contributed by atoms with Gasteiger partial charge in [-0.05, 0) is 30.5 Å². The lowest BCUT2D eigenvalue weighted by Gasteiger charge is -2.38. The fraction of sp³-hybridized carbons (Fsp3) is 0.400. The second kappa shape index (κ2) is 9.79. The minimum atomic E-state index is -0.139.